The van der Waals surface area contributed by atoms with Crippen molar-refractivity contribution in [3.05, 3.63) is 57.6 Å². The summed E-state index contributed by atoms with van der Waals surface area (Å²) >= 11 is 0. The number of nitrogens with one attached hydrogen (secondary N) is 2. The number of fused-ring (bicyclic) bond motifs is 1. The predicted octanol–water partition coefficient (Wildman–Crippen LogP) is 3.89. The number of nitriles is 1. The average Bonchev–Trinajstić information content (AvgIpc) is 3.17. The lowest BCUT2D eigenvalue weighted by atomic mass is 9.61. The van der Waals surface area contributed by atoms with Crippen LogP contribution >= 0.6 is 0 Å². The standard InChI is InChI=1S/C29H35N5O4/c1-16(2)29(23(14-30)25(31)37-26-24(29)17(3)33-34-26)21-10-18(9-20(11-21)15-35)7-8-19-12-22(13-19)32-27(36)38-28(4,5)6/h9-11,16,19,22,35H,12-13,15,31H2,1-6H3,(H,32,36)(H,33,34). The van der Waals surface area contributed by atoms with Crippen LogP contribution in [0.4, 0.5) is 4.79 Å². The normalized spacial score (nSPS) is 22.4. The fourth-order valence-electron chi connectivity index (χ4n) is 5.37. The van der Waals surface area contributed by atoms with Crippen LogP contribution in [0.25, 0.3) is 0 Å². The third kappa shape index (κ3) is 4.94. The van der Waals surface area contributed by atoms with Crippen molar-refractivity contribution in [2.75, 3.05) is 0 Å². The van der Waals surface area contributed by atoms with Crippen molar-refractivity contribution in [2.24, 2.45) is 17.6 Å². The highest BCUT2D eigenvalue weighted by molar-refractivity contribution is 5.68. The van der Waals surface area contributed by atoms with Gasteiger partial charge in [0.25, 0.3) is 0 Å². The lowest BCUT2D eigenvalue weighted by molar-refractivity contribution is 0.0467. The van der Waals surface area contributed by atoms with Crippen LogP contribution in [0.15, 0.2) is 29.7 Å². The van der Waals surface area contributed by atoms with E-state index in [9.17, 15) is 15.2 Å². The first kappa shape index (κ1) is 27.1. The van der Waals surface area contributed by atoms with Crippen LogP contribution in [0, 0.1) is 41.9 Å². The second-order valence-corrected chi connectivity index (χ2v) is 11.3. The fraction of sp³-hybridized carbons (Fsp3) is 0.483. The van der Waals surface area contributed by atoms with Crippen LogP contribution in [-0.4, -0.2) is 33.0 Å². The topological polar surface area (TPSA) is 146 Å². The smallest absolute Gasteiger partial charge is 0.407 e. The molecule has 2 heterocycles. The Balaban J connectivity index is 1.67. The Kier molecular flexibility index (Phi) is 7.18. The van der Waals surface area contributed by atoms with E-state index in [0.29, 0.717) is 22.7 Å². The number of aromatic nitrogens is 2. The lowest BCUT2D eigenvalue weighted by Gasteiger charge is -2.41. The second-order valence-electron chi connectivity index (χ2n) is 11.3. The van der Waals surface area contributed by atoms with E-state index in [1.54, 1.807) is 0 Å². The molecule has 9 heteroatoms. The molecule has 200 valence electrons. The maximum absolute atomic E-state index is 12.0. The van der Waals surface area contributed by atoms with Crippen LogP contribution in [0.3, 0.4) is 0 Å². The summed E-state index contributed by atoms with van der Waals surface area (Å²) in [6.07, 6.45) is 1.06. The number of aromatic amines is 1. The molecule has 0 bridgehead atoms. The SMILES string of the molecule is Cc1n[nH]c2c1C(c1cc(C#CC3CC(NC(=O)OC(C)(C)C)C3)cc(CO)c1)(C(C)C)C(C#N)=C(N)O2. The molecule has 2 aliphatic rings. The van der Waals surface area contributed by atoms with Gasteiger partial charge in [-0.2, -0.15) is 10.4 Å². The molecule has 0 saturated heterocycles. The minimum atomic E-state index is -0.940. The summed E-state index contributed by atoms with van der Waals surface area (Å²) < 4.78 is 11.1. The van der Waals surface area contributed by atoms with E-state index in [-0.39, 0.29) is 30.4 Å². The number of aryl methyl sites for hydroxylation is 1. The van der Waals surface area contributed by atoms with Gasteiger partial charge >= 0.3 is 6.09 Å². The number of aliphatic hydroxyl groups excluding tert-OH is 1. The number of amides is 1. The number of hydrogen-bond donors (Lipinski definition) is 4. The largest absolute Gasteiger partial charge is 0.444 e. The van der Waals surface area contributed by atoms with Crippen molar-refractivity contribution in [3.8, 4) is 23.8 Å². The van der Waals surface area contributed by atoms with Crippen molar-refractivity contribution in [1.29, 1.82) is 5.26 Å². The molecular formula is C29H35N5O4. The van der Waals surface area contributed by atoms with E-state index < -0.39 is 17.1 Å². The number of alkyl carbamates (subject to hydrolysis) is 1. The molecule has 0 spiro atoms. The highest BCUT2D eigenvalue weighted by Crippen LogP contribution is 2.52. The fourth-order valence-corrected chi connectivity index (χ4v) is 5.37. The number of aliphatic hydroxyl groups is 1. The Morgan fingerprint density at radius 2 is 2.08 bits per heavy atom. The molecule has 2 aromatic rings. The summed E-state index contributed by atoms with van der Waals surface area (Å²) in [7, 11) is 0. The number of benzene rings is 1. The second kappa shape index (κ2) is 10.1. The molecule has 5 N–H and O–H groups in total. The molecule has 1 aliphatic heterocycles. The first-order chi connectivity index (χ1) is 17.9. The molecule has 0 radical (unpaired) electrons. The van der Waals surface area contributed by atoms with Gasteiger partial charge in [0.15, 0.2) is 0 Å². The van der Waals surface area contributed by atoms with E-state index in [1.807, 2.05) is 59.7 Å². The van der Waals surface area contributed by atoms with E-state index >= 15 is 0 Å². The Hall–Kier alpha value is -3.95. The summed E-state index contributed by atoms with van der Waals surface area (Å²) in [5.74, 6) is 7.02. The maximum atomic E-state index is 12.0. The number of nitrogens with two attached hydrogens (primary N) is 1. The molecule has 1 aromatic heterocycles. The van der Waals surface area contributed by atoms with Crippen molar-refractivity contribution >= 4 is 6.09 Å². The molecule has 38 heavy (non-hydrogen) atoms. The zero-order valence-corrected chi connectivity index (χ0v) is 22.7. The van der Waals surface area contributed by atoms with Gasteiger partial charge in [-0.1, -0.05) is 31.8 Å². The van der Waals surface area contributed by atoms with Crippen LogP contribution < -0.4 is 15.8 Å². The van der Waals surface area contributed by atoms with E-state index in [1.165, 1.54) is 0 Å². The summed E-state index contributed by atoms with van der Waals surface area (Å²) in [6, 6.07) is 8.01. The molecule has 1 aliphatic carbocycles. The monoisotopic (exact) mass is 517 g/mol. The van der Waals surface area contributed by atoms with Crippen molar-refractivity contribution in [3.63, 3.8) is 0 Å². The Morgan fingerprint density at radius 1 is 1.37 bits per heavy atom. The number of nitrogens with zero attached hydrogens (tertiary/aromatic N) is 2. The number of ether oxygens (including phenoxy) is 2. The van der Waals surface area contributed by atoms with Gasteiger partial charge in [0.05, 0.1) is 23.3 Å². The van der Waals surface area contributed by atoms with Gasteiger partial charge < -0.3 is 25.6 Å². The van der Waals surface area contributed by atoms with E-state index in [2.05, 4.69) is 33.4 Å². The molecule has 1 fully saturated rings. The van der Waals surface area contributed by atoms with Crippen molar-refractivity contribution in [1.82, 2.24) is 15.5 Å². The number of rotatable bonds is 4. The highest BCUT2D eigenvalue weighted by Gasteiger charge is 2.50. The molecule has 1 saturated carbocycles. The summed E-state index contributed by atoms with van der Waals surface area (Å²) in [5.41, 5.74) is 8.71. The van der Waals surface area contributed by atoms with Gasteiger partial charge in [-0.15, -0.1) is 0 Å². The van der Waals surface area contributed by atoms with Gasteiger partial charge in [-0.3, -0.25) is 0 Å². The molecule has 4 rings (SSSR count). The quantitative estimate of drug-likeness (QED) is 0.450. The first-order valence-electron chi connectivity index (χ1n) is 12.8. The number of H-pyrrole nitrogens is 1. The third-order valence-corrected chi connectivity index (χ3v) is 7.05. The molecule has 1 atom stereocenters. The molecule has 1 aromatic carbocycles. The first-order valence-corrected chi connectivity index (χ1v) is 12.8. The van der Waals surface area contributed by atoms with Gasteiger partial charge in [-0.25, -0.2) is 9.89 Å². The number of allylic oxidation sites excluding steroid dienone is 1. The predicted molar refractivity (Wildman–Crippen MR) is 142 cm³/mol. The average molecular weight is 518 g/mol. The van der Waals surface area contributed by atoms with Gasteiger partial charge in [0.2, 0.25) is 11.8 Å². The summed E-state index contributed by atoms with van der Waals surface area (Å²) in [4.78, 5) is 12.0. The van der Waals surface area contributed by atoms with Gasteiger partial charge in [-0.05, 0) is 69.7 Å². The van der Waals surface area contributed by atoms with Crippen LogP contribution in [-0.2, 0) is 16.8 Å². The van der Waals surface area contributed by atoms with Crippen molar-refractivity contribution < 1.29 is 19.4 Å². The molecule has 9 nitrogen and oxygen atoms in total. The summed E-state index contributed by atoms with van der Waals surface area (Å²) in [6.45, 7) is 11.2. The summed E-state index contributed by atoms with van der Waals surface area (Å²) in [5, 5.41) is 30.4. The lowest BCUT2D eigenvalue weighted by Crippen LogP contribution is -2.45. The van der Waals surface area contributed by atoms with Crippen LogP contribution in [0.5, 0.6) is 5.88 Å². The zero-order valence-electron chi connectivity index (χ0n) is 22.7. The number of hydrogen-bond acceptors (Lipinski definition) is 7. The van der Waals surface area contributed by atoms with Crippen LogP contribution in [0.1, 0.15) is 75.4 Å². The van der Waals surface area contributed by atoms with Crippen molar-refractivity contribution in [2.45, 2.75) is 78.0 Å². The highest BCUT2D eigenvalue weighted by atomic mass is 16.6. The zero-order chi connectivity index (χ0) is 27.8. The third-order valence-electron chi connectivity index (χ3n) is 7.05. The minimum absolute atomic E-state index is 0.0254. The van der Waals surface area contributed by atoms with Gasteiger partial charge in [0, 0.05) is 17.5 Å². The Bertz CT molecular complexity index is 1380. The van der Waals surface area contributed by atoms with Crippen LogP contribution in [0.2, 0.25) is 0 Å². The Labute approximate surface area is 223 Å². The van der Waals surface area contributed by atoms with Gasteiger partial charge in [0.1, 0.15) is 17.2 Å². The molecular weight excluding hydrogens is 482 g/mol. The maximum Gasteiger partial charge on any atom is 0.407 e. The number of carbonyl (C=O) groups excluding carboxylic acids is 1. The van der Waals surface area contributed by atoms with E-state index in [4.69, 9.17) is 15.2 Å². The van der Waals surface area contributed by atoms with E-state index in [0.717, 1.165) is 29.5 Å². The minimum Gasteiger partial charge on any atom is -0.444 e. The molecule has 1 unspecified atom stereocenters. The Morgan fingerprint density at radius 3 is 2.68 bits per heavy atom. The molecule has 1 amide bonds. The number of carbonyl (C=O) groups is 1.